The quantitative estimate of drug-likeness (QED) is 0.625. The standard InChI is InChI=1S/C10H12F3IN2O/c11-6-3-9(8(15)4-7(6)14)16(1-2-17)5-10(12)13/h3-4,10,17H,1-2,5,15H2. The first-order valence-corrected chi connectivity index (χ1v) is 5.92. The average molecular weight is 360 g/mol. The molecule has 0 saturated carbocycles. The Labute approximate surface area is 111 Å². The van der Waals surface area contributed by atoms with E-state index in [0.29, 0.717) is 3.57 Å². The molecule has 0 spiro atoms. The third-order valence-electron chi connectivity index (χ3n) is 2.14. The lowest BCUT2D eigenvalue weighted by molar-refractivity contribution is 0.153. The summed E-state index contributed by atoms with van der Waals surface area (Å²) in [5.74, 6) is -0.521. The van der Waals surface area contributed by atoms with Crippen LogP contribution in [0.1, 0.15) is 0 Å². The summed E-state index contributed by atoms with van der Waals surface area (Å²) in [7, 11) is 0. The van der Waals surface area contributed by atoms with Gasteiger partial charge in [-0.3, -0.25) is 0 Å². The minimum absolute atomic E-state index is 0.0193. The fourth-order valence-electron chi connectivity index (χ4n) is 1.42. The molecule has 0 fully saturated rings. The van der Waals surface area contributed by atoms with Crippen LogP contribution in [0.15, 0.2) is 12.1 Å². The summed E-state index contributed by atoms with van der Waals surface area (Å²) < 4.78 is 38.4. The Morgan fingerprint density at radius 1 is 1.41 bits per heavy atom. The monoisotopic (exact) mass is 360 g/mol. The summed E-state index contributed by atoms with van der Waals surface area (Å²) in [5.41, 5.74) is 6.05. The van der Waals surface area contributed by atoms with Gasteiger partial charge >= 0.3 is 0 Å². The van der Waals surface area contributed by atoms with Crippen molar-refractivity contribution in [1.82, 2.24) is 0 Å². The Morgan fingerprint density at radius 2 is 2.06 bits per heavy atom. The van der Waals surface area contributed by atoms with E-state index in [4.69, 9.17) is 10.8 Å². The fourth-order valence-corrected chi connectivity index (χ4v) is 1.91. The smallest absolute Gasteiger partial charge is 0.255 e. The molecule has 0 heterocycles. The van der Waals surface area contributed by atoms with Crippen LogP contribution in [-0.4, -0.2) is 31.2 Å². The molecule has 0 aromatic heterocycles. The van der Waals surface area contributed by atoms with Crippen molar-refractivity contribution < 1.29 is 18.3 Å². The van der Waals surface area contributed by atoms with Crippen LogP contribution in [0.2, 0.25) is 0 Å². The summed E-state index contributed by atoms with van der Waals surface area (Å²) in [6.45, 7) is -0.918. The molecular formula is C10H12F3IN2O. The molecule has 0 atom stereocenters. The highest BCUT2D eigenvalue weighted by Crippen LogP contribution is 2.27. The van der Waals surface area contributed by atoms with Crippen molar-refractivity contribution in [2.24, 2.45) is 0 Å². The number of halogens is 4. The van der Waals surface area contributed by atoms with Gasteiger partial charge in [0, 0.05) is 12.6 Å². The summed E-state index contributed by atoms with van der Waals surface area (Å²) >= 11 is 1.77. The second-order valence-electron chi connectivity index (χ2n) is 3.39. The van der Waals surface area contributed by atoms with Gasteiger partial charge in [0.1, 0.15) is 5.82 Å². The summed E-state index contributed by atoms with van der Waals surface area (Å²) in [6, 6.07) is 2.48. The number of aliphatic hydroxyl groups excluding tert-OH is 1. The predicted molar refractivity (Wildman–Crippen MR) is 68.8 cm³/mol. The van der Waals surface area contributed by atoms with Crippen LogP contribution < -0.4 is 10.6 Å². The molecule has 0 aliphatic heterocycles. The summed E-state index contributed by atoms with van der Waals surface area (Å²) in [6.07, 6.45) is -2.58. The molecule has 0 saturated heterocycles. The normalized spacial score (nSPS) is 10.9. The topological polar surface area (TPSA) is 49.5 Å². The zero-order chi connectivity index (χ0) is 13.0. The summed E-state index contributed by atoms with van der Waals surface area (Å²) in [4.78, 5) is 1.17. The van der Waals surface area contributed by atoms with E-state index >= 15 is 0 Å². The van der Waals surface area contributed by atoms with Crippen molar-refractivity contribution in [2.45, 2.75) is 6.43 Å². The van der Waals surface area contributed by atoms with Crippen LogP contribution in [0.5, 0.6) is 0 Å². The minimum atomic E-state index is -2.58. The Kier molecular flexibility index (Phi) is 5.31. The molecule has 7 heteroatoms. The van der Waals surface area contributed by atoms with Crippen LogP contribution in [0, 0.1) is 9.39 Å². The lowest BCUT2D eigenvalue weighted by Gasteiger charge is -2.25. The first kappa shape index (κ1) is 14.4. The SMILES string of the molecule is Nc1cc(I)c(F)cc1N(CCO)CC(F)F. The van der Waals surface area contributed by atoms with Gasteiger partial charge in [-0.15, -0.1) is 0 Å². The number of benzene rings is 1. The maximum Gasteiger partial charge on any atom is 0.255 e. The number of alkyl halides is 2. The van der Waals surface area contributed by atoms with Crippen LogP contribution in [-0.2, 0) is 0 Å². The average Bonchev–Trinajstić information content (AvgIpc) is 2.22. The third kappa shape index (κ3) is 3.91. The minimum Gasteiger partial charge on any atom is -0.397 e. The van der Waals surface area contributed by atoms with Crippen molar-refractivity contribution in [3.05, 3.63) is 21.5 Å². The van der Waals surface area contributed by atoms with Crippen LogP contribution in [0.4, 0.5) is 24.5 Å². The van der Waals surface area contributed by atoms with E-state index in [1.807, 2.05) is 0 Å². The Balaban J connectivity index is 3.04. The van der Waals surface area contributed by atoms with Gasteiger partial charge in [-0.25, -0.2) is 13.2 Å². The molecular weight excluding hydrogens is 348 g/mol. The number of nitrogens with two attached hydrogens (primary N) is 1. The molecule has 17 heavy (non-hydrogen) atoms. The highest BCUT2D eigenvalue weighted by molar-refractivity contribution is 14.1. The van der Waals surface area contributed by atoms with Gasteiger partial charge in [0.25, 0.3) is 6.43 Å². The predicted octanol–water partition coefficient (Wildman–Crippen LogP) is 2.08. The Morgan fingerprint density at radius 3 is 2.59 bits per heavy atom. The van der Waals surface area contributed by atoms with E-state index in [0.717, 1.165) is 6.07 Å². The van der Waals surface area contributed by atoms with E-state index in [1.54, 1.807) is 22.6 Å². The zero-order valence-electron chi connectivity index (χ0n) is 8.84. The van der Waals surface area contributed by atoms with Gasteiger partial charge in [0.2, 0.25) is 0 Å². The van der Waals surface area contributed by atoms with Crippen LogP contribution in [0.3, 0.4) is 0 Å². The van der Waals surface area contributed by atoms with Crippen LogP contribution in [0.25, 0.3) is 0 Å². The van der Waals surface area contributed by atoms with Crippen molar-refractivity contribution in [1.29, 1.82) is 0 Å². The summed E-state index contributed by atoms with van der Waals surface area (Å²) in [5, 5.41) is 8.80. The first-order valence-electron chi connectivity index (χ1n) is 4.84. The van der Waals surface area contributed by atoms with E-state index in [9.17, 15) is 13.2 Å². The maximum atomic E-state index is 13.4. The number of hydrogen-bond acceptors (Lipinski definition) is 3. The van der Waals surface area contributed by atoms with Gasteiger partial charge < -0.3 is 15.7 Å². The zero-order valence-corrected chi connectivity index (χ0v) is 11.0. The number of aliphatic hydroxyl groups is 1. The molecule has 0 amide bonds. The van der Waals surface area contributed by atoms with E-state index in [2.05, 4.69) is 0 Å². The third-order valence-corrected chi connectivity index (χ3v) is 2.97. The van der Waals surface area contributed by atoms with Gasteiger partial charge in [0.15, 0.2) is 0 Å². The number of nitrogens with zero attached hydrogens (tertiary/aromatic N) is 1. The molecule has 96 valence electrons. The van der Waals surface area contributed by atoms with E-state index in [-0.39, 0.29) is 24.5 Å². The van der Waals surface area contributed by atoms with Crippen molar-refractivity contribution in [3.8, 4) is 0 Å². The van der Waals surface area contributed by atoms with E-state index in [1.165, 1.54) is 11.0 Å². The largest absolute Gasteiger partial charge is 0.397 e. The van der Waals surface area contributed by atoms with Gasteiger partial charge in [-0.05, 0) is 28.7 Å². The highest BCUT2D eigenvalue weighted by Gasteiger charge is 2.16. The number of anilines is 2. The molecule has 1 rings (SSSR count). The molecule has 0 radical (unpaired) electrons. The van der Waals surface area contributed by atoms with Crippen molar-refractivity contribution in [3.63, 3.8) is 0 Å². The molecule has 0 aliphatic carbocycles. The number of hydrogen-bond donors (Lipinski definition) is 2. The molecule has 1 aromatic rings. The van der Waals surface area contributed by atoms with Crippen molar-refractivity contribution in [2.75, 3.05) is 30.3 Å². The number of rotatable bonds is 5. The number of nitrogen functional groups attached to an aromatic ring is 1. The van der Waals surface area contributed by atoms with Gasteiger partial charge in [-0.2, -0.15) is 0 Å². The molecule has 1 aromatic carbocycles. The van der Waals surface area contributed by atoms with Crippen LogP contribution >= 0.6 is 22.6 Å². The lowest BCUT2D eigenvalue weighted by Crippen LogP contribution is -2.32. The lowest BCUT2D eigenvalue weighted by atomic mass is 10.2. The Bertz CT molecular complexity index is 390. The van der Waals surface area contributed by atoms with Gasteiger partial charge in [0.05, 0.1) is 28.1 Å². The molecule has 0 bridgehead atoms. The molecule has 3 N–H and O–H groups in total. The second kappa shape index (κ2) is 6.29. The fraction of sp³-hybridized carbons (Fsp3) is 0.400. The Hall–Kier alpha value is -0.700. The van der Waals surface area contributed by atoms with Crippen molar-refractivity contribution >= 4 is 34.0 Å². The maximum absolute atomic E-state index is 13.4. The molecule has 3 nitrogen and oxygen atoms in total. The molecule has 0 aliphatic rings. The second-order valence-corrected chi connectivity index (χ2v) is 4.55. The first-order chi connectivity index (χ1) is 7.95. The van der Waals surface area contributed by atoms with Gasteiger partial charge in [-0.1, -0.05) is 0 Å². The highest BCUT2D eigenvalue weighted by atomic mass is 127. The van der Waals surface area contributed by atoms with E-state index < -0.39 is 18.8 Å². The molecule has 0 unspecified atom stereocenters.